The van der Waals surface area contributed by atoms with Gasteiger partial charge in [0.1, 0.15) is 16.9 Å². The van der Waals surface area contributed by atoms with Crippen molar-refractivity contribution in [1.29, 1.82) is 5.26 Å². The van der Waals surface area contributed by atoms with Crippen LogP contribution in [0.1, 0.15) is 26.3 Å². The number of halogens is 1. The number of pyridine rings is 1. The van der Waals surface area contributed by atoms with Crippen molar-refractivity contribution in [2.45, 2.75) is 20.8 Å². The van der Waals surface area contributed by atoms with Crippen LogP contribution in [0.15, 0.2) is 12.3 Å². The van der Waals surface area contributed by atoms with Crippen molar-refractivity contribution < 1.29 is 0 Å². The molecule has 1 rings (SSSR count). The van der Waals surface area contributed by atoms with Crippen molar-refractivity contribution in [2.75, 3.05) is 11.9 Å². The zero-order valence-electron chi connectivity index (χ0n) is 9.79. The first-order valence-corrected chi connectivity index (χ1v) is 5.72. The zero-order valence-corrected chi connectivity index (χ0v) is 10.5. The summed E-state index contributed by atoms with van der Waals surface area (Å²) in [5.41, 5.74) is 0.455. The van der Waals surface area contributed by atoms with E-state index in [4.69, 9.17) is 16.9 Å². The fourth-order valence-electron chi connectivity index (χ4n) is 1.15. The van der Waals surface area contributed by atoms with Crippen molar-refractivity contribution in [3.05, 3.63) is 22.8 Å². The first kappa shape index (κ1) is 12.8. The van der Waals surface area contributed by atoms with Gasteiger partial charge in [-0.3, -0.25) is 0 Å². The first-order chi connectivity index (χ1) is 7.56. The summed E-state index contributed by atoms with van der Waals surface area (Å²) in [5, 5.41) is 12.4. The van der Waals surface area contributed by atoms with Gasteiger partial charge in [0.05, 0.1) is 5.56 Å². The Balaban J connectivity index is 2.72. The molecule has 0 aliphatic carbocycles. The van der Waals surface area contributed by atoms with E-state index in [1.165, 1.54) is 0 Å². The van der Waals surface area contributed by atoms with Gasteiger partial charge in [-0.05, 0) is 17.9 Å². The Labute approximate surface area is 101 Å². The summed E-state index contributed by atoms with van der Waals surface area (Å²) in [6.07, 6.45) is 1.59. The topological polar surface area (TPSA) is 48.7 Å². The second kappa shape index (κ2) is 5.72. The summed E-state index contributed by atoms with van der Waals surface area (Å²) in [4.78, 5) is 4.12. The Hall–Kier alpha value is -1.27. The number of rotatable bonds is 4. The number of aromatic nitrogens is 1. The van der Waals surface area contributed by atoms with Crippen LogP contribution in [0.2, 0.25) is 5.02 Å². The van der Waals surface area contributed by atoms with E-state index in [1.54, 1.807) is 12.3 Å². The summed E-state index contributed by atoms with van der Waals surface area (Å²) in [5.74, 6) is 1.72. The van der Waals surface area contributed by atoms with Crippen LogP contribution in [0.3, 0.4) is 0 Å². The maximum atomic E-state index is 8.82. The van der Waals surface area contributed by atoms with E-state index in [2.05, 4.69) is 31.1 Å². The van der Waals surface area contributed by atoms with Crippen molar-refractivity contribution in [3.63, 3.8) is 0 Å². The summed E-state index contributed by atoms with van der Waals surface area (Å²) >= 11 is 6.02. The van der Waals surface area contributed by atoms with Crippen LogP contribution in [-0.4, -0.2) is 11.5 Å². The monoisotopic (exact) mass is 237 g/mol. The molecule has 1 aromatic rings. The second-order valence-electron chi connectivity index (χ2n) is 4.24. The maximum Gasteiger partial charge on any atom is 0.146 e. The predicted octanol–water partition coefficient (Wildman–Crippen LogP) is 3.31. The average molecular weight is 238 g/mol. The van der Waals surface area contributed by atoms with E-state index in [0.29, 0.717) is 28.2 Å². The standard InChI is InChI=1S/C12H16ClN3/c1-8(2)9(3)7-16-12-11(13)10(6-14)4-5-15-12/h4-5,8-9H,7H2,1-3H3,(H,15,16). The van der Waals surface area contributed by atoms with Crippen LogP contribution in [0.4, 0.5) is 5.82 Å². The Morgan fingerprint density at radius 1 is 1.50 bits per heavy atom. The van der Waals surface area contributed by atoms with Gasteiger partial charge in [-0.25, -0.2) is 4.98 Å². The van der Waals surface area contributed by atoms with Crippen molar-refractivity contribution in [3.8, 4) is 6.07 Å². The molecule has 0 radical (unpaired) electrons. The lowest BCUT2D eigenvalue weighted by atomic mass is 9.98. The van der Waals surface area contributed by atoms with E-state index in [9.17, 15) is 0 Å². The number of nitriles is 1. The van der Waals surface area contributed by atoms with E-state index >= 15 is 0 Å². The quantitative estimate of drug-likeness (QED) is 0.874. The van der Waals surface area contributed by atoms with E-state index < -0.39 is 0 Å². The molecule has 16 heavy (non-hydrogen) atoms. The molecular formula is C12H16ClN3. The molecule has 0 saturated heterocycles. The fraction of sp³-hybridized carbons (Fsp3) is 0.500. The lowest BCUT2D eigenvalue weighted by Gasteiger charge is -2.17. The number of anilines is 1. The van der Waals surface area contributed by atoms with Crippen LogP contribution >= 0.6 is 11.6 Å². The lowest BCUT2D eigenvalue weighted by Crippen LogP contribution is -2.17. The van der Waals surface area contributed by atoms with Crippen molar-refractivity contribution in [1.82, 2.24) is 4.98 Å². The summed E-state index contributed by atoms with van der Waals surface area (Å²) in [6.45, 7) is 7.32. The van der Waals surface area contributed by atoms with Crippen LogP contribution in [0.25, 0.3) is 0 Å². The smallest absolute Gasteiger partial charge is 0.146 e. The Morgan fingerprint density at radius 2 is 2.19 bits per heavy atom. The Morgan fingerprint density at radius 3 is 2.75 bits per heavy atom. The van der Waals surface area contributed by atoms with Crippen LogP contribution in [-0.2, 0) is 0 Å². The fourth-order valence-corrected chi connectivity index (χ4v) is 1.37. The van der Waals surface area contributed by atoms with Gasteiger partial charge in [-0.15, -0.1) is 0 Å². The molecule has 0 aliphatic rings. The lowest BCUT2D eigenvalue weighted by molar-refractivity contribution is 0.439. The molecule has 0 saturated carbocycles. The number of hydrogen-bond acceptors (Lipinski definition) is 3. The van der Waals surface area contributed by atoms with Crippen LogP contribution in [0, 0.1) is 23.2 Å². The normalized spacial score (nSPS) is 12.2. The highest BCUT2D eigenvalue weighted by atomic mass is 35.5. The van der Waals surface area contributed by atoms with Gasteiger partial charge in [0.2, 0.25) is 0 Å². The molecule has 0 amide bonds. The Kier molecular flexibility index (Phi) is 4.57. The highest BCUT2D eigenvalue weighted by Gasteiger charge is 2.10. The molecule has 3 nitrogen and oxygen atoms in total. The summed E-state index contributed by atoms with van der Waals surface area (Å²) in [6, 6.07) is 3.64. The van der Waals surface area contributed by atoms with Gasteiger partial charge in [-0.2, -0.15) is 5.26 Å². The van der Waals surface area contributed by atoms with Gasteiger partial charge in [0.25, 0.3) is 0 Å². The number of nitrogens with zero attached hydrogens (tertiary/aromatic N) is 2. The third-order valence-corrected chi connectivity index (χ3v) is 3.12. The minimum atomic E-state index is 0.404. The zero-order chi connectivity index (χ0) is 12.1. The van der Waals surface area contributed by atoms with Gasteiger partial charge in [0.15, 0.2) is 0 Å². The molecule has 86 valence electrons. The third-order valence-electron chi connectivity index (χ3n) is 2.74. The van der Waals surface area contributed by atoms with Crippen molar-refractivity contribution in [2.24, 2.45) is 11.8 Å². The molecular weight excluding hydrogens is 222 g/mol. The molecule has 0 bridgehead atoms. The van der Waals surface area contributed by atoms with Gasteiger partial charge >= 0.3 is 0 Å². The minimum absolute atomic E-state index is 0.404. The summed E-state index contributed by atoms with van der Waals surface area (Å²) in [7, 11) is 0. The molecule has 1 aromatic heterocycles. The molecule has 4 heteroatoms. The van der Waals surface area contributed by atoms with E-state index in [-0.39, 0.29) is 0 Å². The van der Waals surface area contributed by atoms with E-state index in [0.717, 1.165) is 6.54 Å². The summed E-state index contributed by atoms with van der Waals surface area (Å²) < 4.78 is 0. The molecule has 1 unspecified atom stereocenters. The van der Waals surface area contributed by atoms with Crippen molar-refractivity contribution >= 4 is 17.4 Å². The maximum absolute atomic E-state index is 8.82. The average Bonchev–Trinajstić information content (AvgIpc) is 2.27. The largest absolute Gasteiger partial charge is 0.369 e. The SMILES string of the molecule is CC(C)C(C)CNc1nccc(C#N)c1Cl. The number of nitrogens with one attached hydrogen (secondary N) is 1. The van der Waals surface area contributed by atoms with E-state index in [1.807, 2.05) is 6.07 Å². The second-order valence-corrected chi connectivity index (χ2v) is 4.61. The highest BCUT2D eigenvalue weighted by Crippen LogP contribution is 2.23. The predicted molar refractivity (Wildman–Crippen MR) is 66.5 cm³/mol. The molecule has 1 N–H and O–H groups in total. The number of hydrogen-bond donors (Lipinski definition) is 1. The molecule has 1 atom stereocenters. The van der Waals surface area contributed by atoms with Gasteiger partial charge in [0, 0.05) is 12.7 Å². The third kappa shape index (κ3) is 3.11. The molecule has 0 aromatic carbocycles. The molecule has 0 aliphatic heterocycles. The van der Waals surface area contributed by atoms with Gasteiger partial charge in [-0.1, -0.05) is 32.4 Å². The molecule has 0 fully saturated rings. The molecule has 1 heterocycles. The molecule has 0 spiro atoms. The Bertz CT molecular complexity index is 396. The minimum Gasteiger partial charge on any atom is -0.369 e. The first-order valence-electron chi connectivity index (χ1n) is 5.34. The van der Waals surface area contributed by atoms with Gasteiger partial charge < -0.3 is 5.32 Å². The van der Waals surface area contributed by atoms with Crippen LogP contribution in [0.5, 0.6) is 0 Å². The van der Waals surface area contributed by atoms with Crippen LogP contribution < -0.4 is 5.32 Å². The highest BCUT2D eigenvalue weighted by molar-refractivity contribution is 6.34.